The van der Waals surface area contributed by atoms with E-state index in [1.807, 2.05) is 0 Å². The topological polar surface area (TPSA) is 98.7 Å². The van der Waals surface area contributed by atoms with Crippen molar-refractivity contribution in [3.63, 3.8) is 0 Å². The van der Waals surface area contributed by atoms with Gasteiger partial charge in [-0.15, -0.1) is 0 Å². The molecule has 1 atom stereocenters. The van der Waals surface area contributed by atoms with Gasteiger partial charge in [0.2, 0.25) is 0 Å². The SMILES string of the molecule is CC(O)(CNC(=O)NCC1CC1)C(=O)O. The van der Waals surface area contributed by atoms with Crippen LogP contribution in [0, 0.1) is 5.92 Å². The van der Waals surface area contributed by atoms with E-state index < -0.39 is 17.6 Å². The van der Waals surface area contributed by atoms with Gasteiger partial charge < -0.3 is 20.8 Å². The van der Waals surface area contributed by atoms with Gasteiger partial charge in [-0.25, -0.2) is 9.59 Å². The predicted molar refractivity (Wildman–Crippen MR) is 52.4 cm³/mol. The number of carboxylic acid groups (broad SMARTS) is 1. The lowest BCUT2D eigenvalue weighted by Gasteiger charge is -2.18. The third kappa shape index (κ3) is 4.16. The fourth-order valence-corrected chi connectivity index (χ4v) is 0.950. The quantitative estimate of drug-likeness (QED) is 0.499. The van der Waals surface area contributed by atoms with Crippen molar-refractivity contribution in [1.82, 2.24) is 10.6 Å². The Balaban J connectivity index is 2.17. The molecule has 1 rings (SSSR count). The molecule has 0 aromatic carbocycles. The highest BCUT2D eigenvalue weighted by Crippen LogP contribution is 2.27. The average Bonchev–Trinajstić information content (AvgIpc) is 2.94. The molecule has 0 aromatic heterocycles. The highest BCUT2D eigenvalue weighted by Gasteiger charge is 2.30. The highest BCUT2D eigenvalue weighted by molar-refractivity contribution is 5.79. The van der Waals surface area contributed by atoms with Gasteiger partial charge in [-0.05, 0) is 25.7 Å². The molecule has 6 heteroatoms. The van der Waals surface area contributed by atoms with Gasteiger partial charge in [0, 0.05) is 6.54 Å². The first-order valence-corrected chi connectivity index (χ1v) is 4.89. The first kappa shape index (κ1) is 11.8. The Hall–Kier alpha value is -1.30. The molecule has 0 aliphatic heterocycles. The van der Waals surface area contributed by atoms with Crippen LogP contribution in [0.4, 0.5) is 4.79 Å². The minimum absolute atomic E-state index is 0.307. The van der Waals surface area contributed by atoms with E-state index in [1.165, 1.54) is 0 Å². The standard InChI is InChI=1S/C9H16N2O4/c1-9(15,7(12)13)5-11-8(14)10-4-6-2-3-6/h6,15H,2-5H2,1H3,(H,12,13)(H2,10,11,14). The number of carbonyl (C=O) groups excluding carboxylic acids is 1. The van der Waals surface area contributed by atoms with E-state index in [0.717, 1.165) is 19.8 Å². The largest absolute Gasteiger partial charge is 0.479 e. The summed E-state index contributed by atoms with van der Waals surface area (Å²) in [5, 5.41) is 22.8. The zero-order chi connectivity index (χ0) is 11.5. The van der Waals surface area contributed by atoms with Gasteiger partial charge in [0.15, 0.2) is 5.60 Å². The molecule has 86 valence electrons. The van der Waals surface area contributed by atoms with Crippen LogP contribution in [-0.2, 0) is 4.79 Å². The molecule has 0 spiro atoms. The lowest BCUT2D eigenvalue weighted by Crippen LogP contribution is -2.49. The van der Waals surface area contributed by atoms with Gasteiger partial charge >= 0.3 is 12.0 Å². The maximum atomic E-state index is 11.1. The van der Waals surface area contributed by atoms with Crippen molar-refractivity contribution in [3.05, 3.63) is 0 Å². The summed E-state index contributed by atoms with van der Waals surface area (Å²) in [5.74, 6) is -0.791. The number of amides is 2. The number of rotatable bonds is 5. The van der Waals surface area contributed by atoms with Crippen molar-refractivity contribution in [2.45, 2.75) is 25.4 Å². The number of hydrogen-bond donors (Lipinski definition) is 4. The Morgan fingerprint density at radius 3 is 2.47 bits per heavy atom. The Labute approximate surface area is 87.7 Å². The van der Waals surface area contributed by atoms with Gasteiger partial charge in [-0.3, -0.25) is 0 Å². The summed E-state index contributed by atoms with van der Waals surface area (Å²) >= 11 is 0. The molecule has 1 unspecified atom stereocenters. The van der Waals surface area contributed by atoms with Gasteiger partial charge in [0.25, 0.3) is 0 Å². The molecule has 0 heterocycles. The molecule has 1 saturated carbocycles. The second kappa shape index (κ2) is 4.48. The van der Waals surface area contributed by atoms with Crippen LogP contribution in [0.15, 0.2) is 0 Å². The molecular formula is C9H16N2O4. The molecule has 0 aromatic rings. The Morgan fingerprint density at radius 2 is 2.00 bits per heavy atom. The summed E-state index contributed by atoms with van der Waals surface area (Å²) in [5.41, 5.74) is -1.92. The Bertz CT molecular complexity index is 261. The first-order chi connectivity index (χ1) is 6.92. The zero-order valence-electron chi connectivity index (χ0n) is 8.62. The van der Waals surface area contributed by atoms with Crippen molar-refractivity contribution < 1.29 is 19.8 Å². The molecule has 0 radical (unpaired) electrons. The summed E-state index contributed by atoms with van der Waals surface area (Å²) < 4.78 is 0. The smallest absolute Gasteiger partial charge is 0.337 e. The lowest BCUT2D eigenvalue weighted by atomic mass is 10.1. The van der Waals surface area contributed by atoms with Crippen LogP contribution in [0.3, 0.4) is 0 Å². The van der Waals surface area contributed by atoms with E-state index in [-0.39, 0.29) is 6.54 Å². The fourth-order valence-electron chi connectivity index (χ4n) is 0.950. The molecule has 1 aliphatic rings. The third-order valence-electron chi connectivity index (χ3n) is 2.30. The van der Waals surface area contributed by atoms with E-state index in [2.05, 4.69) is 10.6 Å². The molecule has 0 saturated heterocycles. The van der Waals surface area contributed by atoms with Crippen LogP contribution in [0.1, 0.15) is 19.8 Å². The summed E-state index contributed by atoms with van der Waals surface area (Å²) in [4.78, 5) is 21.6. The number of urea groups is 1. The minimum atomic E-state index is -1.92. The fraction of sp³-hybridized carbons (Fsp3) is 0.778. The number of aliphatic carboxylic acids is 1. The molecule has 6 nitrogen and oxygen atoms in total. The van der Waals surface area contributed by atoms with Crippen LogP contribution in [0.2, 0.25) is 0 Å². The van der Waals surface area contributed by atoms with Crippen molar-refractivity contribution in [2.24, 2.45) is 5.92 Å². The van der Waals surface area contributed by atoms with Crippen molar-refractivity contribution >= 4 is 12.0 Å². The van der Waals surface area contributed by atoms with Gasteiger partial charge in [0.05, 0.1) is 6.54 Å². The maximum absolute atomic E-state index is 11.1. The number of carbonyl (C=O) groups is 2. The van der Waals surface area contributed by atoms with Crippen LogP contribution in [0.25, 0.3) is 0 Å². The number of carboxylic acids is 1. The number of aliphatic hydroxyl groups is 1. The molecule has 1 aliphatic carbocycles. The summed E-state index contributed by atoms with van der Waals surface area (Å²) in [6.07, 6.45) is 2.26. The van der Waals surface area contributed by atoms with E-state index in [9.17, 15) is 14.7 Å². The molecule has 0 bridgehead atoms. The summed E-state index contributed by atoms with van der Waals surface area (Å²) in [7, 11) is 0. The lowest BCUT2D eigenvalue weighted by molar-refractivity contribution is -0.155. The number of hydrogen-bond acceptors (Lipinski definition) is 3. The number of nitrogens with one attached hydrogen (secondary N) is 2. The monoisotopic (exact) mass is 216 g/mol. The average molecular weight is 216 g/mol. The van der Waals surface area contributed by atoms with Gasteiger partial charge in [-0.2, -0.15) is 0 Å². The van der Waals surface area contributed by atoms with Gasteiger partial charge in [0.1, 0.15) is 0 Å². The maximum Gasteiger partial charge on any atom is 0.337 e. The summed E-state index contributed by atoms with van der Waals surface area (Å²) in [6.45, 7) is 1.44. The van der Waals surface area contributed by atoms with Crippen molar-refractivity contribution in [2.75, 3.05) is 13.1 Å². The van der Waals surface area contributed by atoms with E-state index >= 15 is 0 Å². The Kier molecular flexibility index (Phi) is 3.52. The Morgan fingerprint density at radius 1 is 1.40 bits per heavy atom. The van der Waals surface area contributed by atoms with Crippen LogP contribution >= 0.6 is 0 Å². The predicted octanol–water partition coefficient (Wildman–Crippen LogP) is -0.469. The summed E-state index contributed by atoms with van der Waals surface area (Å²) in [6, 6.07) is -0.441. The minimum Gasteiger partial charge on any atom is -0.479 e. The second-order valence-corrected chi connectivity index (χ2v) is 4.09. The zero-order valence-corrected chi connectivity index (χ0v) is 8.62. The van der Waals surface area contributed by atoms with Crippen LogP contribution in [0.5, 0.6) is 0 Å². The second-order valence-electron chi connectivity index (χ2n) is 4.09. The highest BCUT2D eigenvalue weighted by atomic mass is 16.4. The molecule has 15 heavy (non-hydrogen) atoms. The molecule has 1 fully saturated rings. The van der Waals surface area contributed by atoms with E-state index in [4.69, 9.17) is 5.11 Å². The van der Waals surface area contributed by atoms with Gasteiger partial charge in [-0.1, -0.05) is 0 Å². The van der Waals surface area contributed by atoms with Crippen LogP contribution in [-0.4, -0.2) is 40.9 Å². The van der Waals surface area contributed by atoms with Crippen molar-refractivity contribution in [3.8, 4) is 0 Å². The first-order valence-electron chi connectivity index (χ1n) is 4.89. The van der Waals surface area contributed by atoms with E-state index in [0.29, 0.717) is 12.5 Å². The molecule has 4 N–H and O–H groups in total. The third-order valence-corrected chi connectivity index (χ3v) is 2.30. The van der Waals surface area contributed by atoms with E-state index in [1.54, 1.807) is 0 Å². The molecule has 2 amide bonds. The normalized spacial score (nSPS) is 19.1. The van der Waals surface area contributed by atoms with Crippen molar-refractivity contribution in [1.29, 1.82) is 0 Å². The molecular weight excluding hydrogens is 200 g/mol. The van der Waals surface area contributed by atoms with Crippen LogP contribution < -0.4 is 10.6 Å².